The monoisotopic (exact) mass is 300 g/mol. The van der Waals surface area contributed by atoms with Crippen molar-refractivity contribution in [3.63, 3.8) is 0 Å². The van der Waals surface area contributed by atoms with Crippen LogP contribution in [0.2, 0.25) is 0 Å². The molecule has 0 radical (unpaired) electrons. The third-order valence-electron chi connectivity index (χ3n) is 2.33. The van der Waals surface area contributed by atoms with Crippen molar-refractivity contribution in [2.24, 2.45) is 5.92 Å². The Hall–Kier alpha value is -0.830. The predicted molar refractivity (Wildman–Crippen MR) is 77.5 cm³/mol. The van der Waals surface area contributed by atoms with E-state index in [-0.39, 0.29) is 0 Å². The third-order valence-corrected chi connectivity index (χ3v) is 4.86. The summed E-state index contributed by atoms with van der Waals surface area (Å²) < 4.78 is 16.3. The standard InChI is InChI=1S/C12H17N2O3PS/c1-3-15-18(19,16-4-2)17-12(9-13)10-7-5-6-8-11(10)14/h5-8,10,12,14H,3-4H2,1-2H3. The maximum atomic E-state index is 9.23. The van der Waals surface area contributed by atoms with Crippen molar-refractivity contribution in [3.05, 3.63) is 24.3 Å². The largest absolute Gasteiger partial charge is 0.328 e. The van der Waals surface area contributed by atoms with Crippen molar-refractivity contribution in [3.8, 4) is 6.07 Å². The Bertz CT molecular complexity index is 460. The van der Waals surface area contributed by atoms with Crippen LogP contribution in [0.3, 0.4) is 0 Å². The Balaban J connectivity index is 2.83. The molecule has 0 saturated heterocycles. The molecular weight excluding hydrogens is 283 g/mol. The first-order valence-electron chi connectivity index (χ1n) is 5.96. The summed E-state index contributed by atoms with van der Waals surface area (Å²) in [6.45, 7) is 1.36. The second-order valence-corrected chi connectivity index (χ2v) is 6.63. The quantitative estimate of drug-likeness (QED) is 0.732. The fourth-order valence-electron chi connectivity index (χ4n) is 1.54. The first kappa shape index (κ1) is 16.2. The molecule has 2 unspecified atom stereocenters. The minimum Gasteiger partial charge on any atom is -0.309 e. The van der Waals surface area contributed by atoms with E-state index in [0.29, 0.717) is 18.9 Å². The van der Waals surface area contributed by atoms with E-state index in [1.54, 1.807) is 38.2 Å². The number of allylic oxidation sites excluding steroid dienone is 3. The van der Waals surface area contributed by atoms with Crippen LogP contribution in [0.4, 0.5) is 0 Å². The molecule has 1 aliphatic carbocycles. The summed E-state index contributed by atoms with van der Waals surface area (Å²) in [5.41, 5.74) is 0.309. The molecule has 0 spiro atoms. The summed E-state index contributed by atoms with van der Waals surface area (Å²) in [7, 11) is 0. The van der Waals surface area contributed by atoms with Crippen LogP contribution in [-0.4, -0.2) is 25.0 Å². The Kier molecular flexibility index (Phi) is 6.56. The molecule has 0 fully saturated rings. The number of nitrogens with zero attached hydrogens (tertiary/aromatic N) is 1. The highest BCUT2D eigenvalue weighted by Gasteiger charge is 2.31. The molecule has 0 aliphatic heterocycles. The zero-order chi connectivity index (χ0) is 14.3. The normalized spacial score (nSPS) is 20.3. The lowest BCUT2D eigenvalue weighted by Gasteiger charge is -2.26. The molecule has 104 valence electrons. The first-order valence-corrected chi connectivity index (χ1v) is 8.52. The van der Waals surface area contributed by atoms with Crippen molar-refractivity contribution in [1.29, 1.82) is 10.7 Å². The number of hydrogen-bond donors (Lipinski definition) is 1. The number of rotatable bonds is 7. The lowest BCUT2D eigenvalue weighted by Crippen LogP contribution is -2.27. The lowest BCUT2D eigenvalue weighted by molar-refractivity contribution is 0.137. The van der Waals surface area contributed by atoms with Gasteiger partial charge in [0, 0.05) is 5.71 Å². The maximum absolute atomic E-state index is 9.23. The number of nitriles is 1. The van der Waals surface area contributed by atoms with Crippen molar-refractivity contribution >= 4 is 24.2 Å². The van der Waals surface area contributed by atoms with E-state index in [0.717, 1.165) is 0 Å². The van der Waals surface area contributed by atoms with Gasteiger partial charge in [-0.25, -0.2) is 0 Å². The summed E-state index contributed by atoms with van der Waals surface area (Å²) in [5, 5.41) is 17.0. The van der Waals surface area contributed by atoms with E-state index >= 15 is 0 Å². The van der Waals surface area contributed by atoms with Crippen LogP contribution in [0.15, 0.2) is 24.3 Å². The molecule has 1 N–H and O–H groups in total. The van der Waals surface area contributed by atoms with Crippen LogP contribution >= 0.6 is 6.72 Å². The van der Waals surface area contributed by atoms with Crippen LogP contribution in [0.1, 0.15) is 13.8 Å². The molecule has 1 rings (SSSR count). The van der Waals surface area contributed by atoms with Crippen LogP contribution < -0.4 is 0 Å². The number of nitrogens with one attached hydrogen (secondary N) is 1. The first-order chi connectivity index (χ1) is 9.06. The predicted octanol–water partition coefficient (Wildman–Crippen LogP) is 2.95. The number of hydrogen-bond acceptors (Lipinski definition) is 6. The summed E-state index contributed by atoms with van der Waals surface area (Å²) in [6, 6.07) is 2.03. The Labute approximate surface area is 118 Å². The molecule has 0 aromatic heterocycles. The smallest absolute Gasteiger partial charge is 0.309 e. The molecule has 0 bridgehead atoms. The van der Waals surface area contributed by atoms with Gasteiger partial charge in [0.05, 0.1) is 25.2 Å². The van der Waals surface area contributed by atoms with Gasteiger partial charge in [0.25, 0.3) is 0 Å². The summed E-state index contributed by atoms with van der Waals surface area (Å²) in [5.74, 6) is -0.446. The van der Waals surface area contributed by atoms with Crippen LogP contribution in [-0.2, 0) is 25.4 Å². The van der Waals surface area contributed by atoms with Gasteiger partial charge in [-0.3, -0.25) is 4.52 Å². The van der Waals surface area contributed by atoms with E-state index in [1.807, 2.05) is 6.07 Å². The van der Waals surface area contributed by atoms with E-state index < -0.39 is 18.7 Å². The molecule has 7 heteroatoms. The van der Waals surface area contributed by atoms with Gasteiger partial charge in [0.15, 0.2) is 6.10 Å². The topological polar surface area (TPSA) is 75.3 Å². The molecule has 0 aromatic rings. The van der Waals surface area contributed by atoms with Gasteiger partial charge < -0.3 is 14.5 Å². The van der Waals surface area contributed by atoms with Crippen molar-refractivity contribution in [2.45, 2.75) is 20.0 Å². The van der Waals surface area contributed by atoms with Crippen LogP contribution in [0, 0.1) is 22.7 Å². The van der Waals surface area contributed by atoms with Crippen molar-refractivity contribution < 1.29 is 13.6 Å². The Morgan fingerprint density at radius 2 is 2.05 bits per heavy atom. The van der Waals surface area contributed by atoms with Crippen LogP contribution in [0.5, 0.6) is 0 Å². The molecule has 5 nitrogen and oxygen atoms in total. The SMILES string of the molecule is CCOP(=S)(OCC)OC(C#N)C1C=CC=CC1=N. The Morgan fingerprint density at radius 1 is 1.42 bits per heavy atom. The Morgan fingerprint density at radius 3 is 2.53 bits per heavy atom. The molecule has 0 amide bonds. The maximum Gasteiger partial charge on any atom is 0.328 e. The summed E-state index contributed by atoms with van der Waals surface area (Å²) in [4.78, 5) is 0. The van der Waals surface area contributed by atoms with E-state index in [4.69, 9.17) is 30.8 Å². The van der Waals surface area contributed by atoms with Gasteiger partial charge in [-0.05, 0) is 31.7 Å². The second kappa shape index (κ2) is 7.68. The summed E-state index contributed by atoms with van der Waals surface area (Å²) in [6.07, 6.45) is 6.02. The molecule has 0 aromatic carbocycles. The van der Waals surface area contributed by atoms with Gasteiger partial charge in [-0.15, -0.1) is 0 Å². The molecule has 2 atom stereocenters. The van der Waals surface area contributed by atoms with Gasteiger partial charge in [-0.1, -0.05) is 18.2 Å². The van der Waals surface area contributed by atoms with Crippen molar-refractivity contribution in [2.75, 3.05) is 13.2 Å². The zero-order valence-corrected chi connectivity index (χ0v) is 12.6. The molecule has 0 heterocycles. The molecule has 0 saturated carbocycles. The average Bonchev–Trinajstić information content (AvgIpc) is 2.37. The highest BCUT2D eigenvalue weighted by atomic mass is 32.5. The van der Waals surface area contributed by atoms with Crippen molar-refractivity contribution in [1.82, 2.24) is 0 Å². The summed E-state index contributed by atoms with van der Waals surface area (Å²) >= 11 is 5.23. The fourth-order valence-corrected chi connectivity index (χ4v) is 3.74. The van der Waals surface area contributed by atoms with Gasteiger partial charge >= 0.3 is 6.72 Å². The third kappa shape index (κ3) is 4.64. The van der Waals surface area contributed by atoms with Gasteiger partial charge in [0.1, 0.15) is 0 Å². The van der Waals surface area contributed by atoms with Crippen LogP contribution in [0.25, 0.3) is 0 Å². The lowest BCUT2D eigenvalue weighted by atomic mass is 9.94. The van der Waals surface area contributed by atoms with E-state index in [2.05, 4.69) is 0 Å². The minimum atomic E-state index is -2.93. The molecule has 19 heavy (non-hydrogen) atoms. The zero-order valence-electron chi connectivity index (χ0n) is 10.9. The highest BCUT2D eigenvalue weighted by Crippen LogP contribution is 2.51. The second-order valence-electron chi connectivity index (χ2n) is 3.66. The van der Waals surface area contributed by atoms with Gasteiger partial charge in [0.2, 0.25) is 0 Å². The van der Waals surface area contributed by atoms with E-state index in [1.165, 1.54) is 0 Å². The molecular formula is C12H17N2O3PS. The minimum absolute atomic E-state index is 0.309. The van der Waals surface area contributed by atoms with Gasteiger partial charge in [-0.2, -0.15) is 5.26 Å². The molecule has 1 aliphatic rings. The fraction of sp³-hybridized carbons (Fsp3) is 0.500. The van der Waals surface area contributed by atoms with E-state index in [9.17, 15) is 5.26 Å². The average molecular weight is 300 g/mol. The highest BCUT2D eigenvalue weighted by molar-refractivity contribution is 8.07.